The van der Waals surface area contributed by atoms with E-state index in [0.29, 0.717) is 17.8 Å². The molecule has 78 valence electrons. The average molecular weight is 202 g/mol. The van der Waals surface area contributed by atoms with Crippen molar-refractivity contribution in [3.8, 4) is 0 Å². The number of carboxylic acid groups (broad SMARTS) is 1. The van der Waals surface area contributed by atoms with Gasteiger partial charge in [0.05, 0.1) is 5.92 Å². The first-order valence-electron chi connectivity index (χ1n) is 5.55. The van der Waals surface area contributed by atoms with E-state index in [1.807, 2.05) is 6.07 Å². The molecule has 2 saturated carbocycles. The van der Waals surface area contributed by atoms with Crippen molar-refractivity contribution in [3.63, 3.8) is 0 Å². The van der Waals surface area contributed by atoms with Crippen LogP contribution in [0.2, 0.25) is 0 Å². The van der Waals surface area contributed by atoms with E-state index in [0.717, 1.165) is 6.42 Å². The van der Waals surface area contributed by atoms with Crippen LogP contribution in [0.4, 0.5) is 0 Å². The lowest BCUT2D eigenvalue weighted by atomic mass is 10.1. The number of hydrogen-bond donors (Lipinski definition) is 1. The molecule has 0 heterocycles. The fraction of sp³-hybridized carbons (Fsp3) is 0.462. The largest absolute Gasteiger partial charge is 0.481 e. The van der Waals surface area contributed by atoms with Gasteiger partial charge in [-0.25, -0.2) is 0 Å². The fourth-order valence-corrected chi connectivity index (χ4v) is 2.74. The average Bonchev–Trinajstić information content (AvgIpc) is 3.11. The van der Waals surface area contributed by atoms with Crippen LogP contribution in [-0.4, -0.2) is 11.1 Å². The molecule has 4 atom stereocenters. The Bertz CT molecular complexity index is 385. The SMILES string of the molecule is O=C(O)[C@@H]1C[C@@H]1[C@@H]1C[C@H]1c1ccccc1. The highest BCUT2D eigenvalue weighted by atomic mass is 16.4. The van der Waals surface area contributed by atoms with Crippen molar-refractivity contribution >= 4 is 5.97 Å². The van der Waals surface area contributed by atoms with E-state index in [2.05, 4.69) is 24.3 Å². The molecule has 2 fully saturated rings. The van der Waals surface area contributed by atoms with Gasteiger partial charge in [0.2, 0.25) is 0 Å². The minimum absolute atomic E-state index is 0.0382. The van der Waals surface area contributed by atoms with E-state index < -0.39 is 5.97 Å². The number of benzene rings is 1. The zero-order valence-corrected chi connectivity index (χ0v) is 8.47. The van der Waals surface area contributed by atoms with Crippen molar-refractivity contribution in [2.75, 3.05) is 0 Å². The topological polar surface area (TPSA) is 37.3 Å². The highest BCUT2D eigenvalue weighted by Gasteiger charge is 2.56. The van der Waals surface area contributed by atoms with Crippen molar-refractivity contribution in [2.24, 2.45) is 17.8 Å². The van der Waals surface area contributed by atoms with Crippen LogP contribution in [0, 0.1) is 17.8 Å². The summed E-state index contributed by atoms with van der Waals surface area (Å²) in [4.78, 5) is 10.7. The molecule has 0 saturated heterocycles. The third-order valence-corrected chi connectivity index (χ3v) is 3.77. The molecular weight excluding hydrogens is 188 g/mol. The fourth-order valence-electron chi connectivity index (χ4n) is 2.74. The summed E-state index contributed by atoms with van der Waals surface area (Å²) in [5.41, 5.74) is 1.39. The van der Waals surface area contributed by atoms with Crippen molar-refractivity contribution < 1.29 is 9.90 Å². The molecule has 1 N–H and O–H groups in total. The van der Waals surface area contributed by atoms with E-state index in [-0.39, 0.29) is 5.92 Å². The van der Waals surface area contributed by atoms with Crippen LogP contribution in [-0.2, 0) is 4.79 Å². The zero-order valence-electron chi connectivity index (χ0n) is 8.47. The Labute approximate surface area is 88.9 Å². The molecule has 0 bridgehead atoms. The summed E-state index contributed by atoms with van der Waals surface area (Å²) in [5, 5.41) is 8.86. The Kier molecular flexibility index (Phi) is 1.84. The quantitative estimate of drug-likeness (QED) is 0.817. The van der Waals surface area contributed by atoms with Crippen LogP contribution < -0.4 is 0 Å². The summed E-state index contributed by atoms with van der Waals surface area (Å²) in [7, 11) is 0. The van der Waals surface area contributed by atoms with E-state index in [9.17, 15) is 4.79 Å². The molecule has 15 heavy (non-hydrogen) atoms. The predicted molar refractivity (Wildman–Crippen MR) is 56.5 cm³/mol. The Balaban J connectivity index is 1.64. The number of carbonyl (C=O) groups is 1. The van der Waals surface area contributed by atoms with Crippen molar-refractivity contribution in [1.82, 2.24) is 0 Å². The molecule has 3 rings (SSSR count). The maximum Gasteiger partial charge on any atom is 0.306 e. The van der Waals surface area contributed by atoms with Crippen LogP contribution in [0.25, 0.3) is 0 Å². The monoisotopic (exact) mass is 202 g/mol. The van der Waals surface area contributed by atoms with Crippen molar-refractivity contribution in [2.45, 2.75) is 18.8 Å². The summed E-state index contributed by atoms with van der Waals surface area (Å²) in [5.74, 6) is 1.11. The van der Waals surface area contributed by atoms with Gasteiger partial charge in [0.1, 0.15) is 0 Å². The first-order valence-corrected chi connectivity index (χ1v) is 5.55. The first kappa shape index (κ1) is 8.96. The van der Waals surface area contributed by atoms with E-state index in [1.165, 1.54) is 12.0 Å². The number of carboxylic acids is 1. The third-order valence-electron chi connectivity index (χ3n) is 3.77. The molecule has 2 aliphatic carbocycles. The Morgan fingerprint density at radius 2 is 1.87 bits per heavy atom. The van der Waals surface area contributed by atoms with Gasteiger partial charge in [-0.15, -0.1) is 0 Å². The molecule has 0 spiro atoms. The standard InChI is InChI=1S/C13H14O2/c14-13(15)12-7-11(12)10-6-9(10)8-4-2-1-3-5-8/h1-5,9-12H,6-7H2,(H,14,15)/t9-,10+,11+,12+/m0/s1. The minimum Gasteiger partial charge on any atom is -0.481 e. The van der Waals surface area contributed by atoms with Gasteiger partial charge in [-0.1, -0.05) is 30.3 Å². The minimum atomic E-state index is -0.598. The lowest BCUT2D eigenvalue weighted by Crippen LogP contribution is -2.00. The summed E-state index contributed by atoms with van der Waals surface area (Å²) >= 11 is 0. The molecule has 2 aliphatic rings. The van der Waals surface area contributed by atoms with Gasteiger partial charge in [0, 0.05) is 0 Å². The molecular formula is C13H14O2. The van der Waals surface area contributed by atoms with Crippen molar-refractivity contribution in [3.05, 3.63) is 35.9 Å². The van der Waals surface area contributed by atoms with Crippen LogP contribution in [0.5, 0.6) is 0 Å². The number of aliphatic carboxylic acids is 1. The van der Waals surface area contributed by atoms with Gasteiger partial charge < -0.3 is 5.11 Å². The zero-order chi connectivity index (χ0) is 10.4. The second kappa shape index (κ2) is 3.09. The van der Waals surface area contributed by atoms with E-state index in [4.69, 9.17) is 5.11 Å². The van der Waals surface area contributed by atoms with E-state index >= 15 is 0 Å². The molecule has 1 aromatic rings. The summed E-state index contributed by atoms with van der Waals surface area (Å²) in [6.07, 6.45) is 2.10. The van der Waals surface area contributed by atoms with Gasteiger partial charge in [-0.05, 0) is 36.2 Å². The maximum absolute atomic E-state index is 10.7. The van der Waals surface area contributed by atoms with Crippen LogP contribution in [0.15, 0.2) is 30.3 Å². The second-order valence-corrected chi connectivity index (χ2v) is 4.76. The highest BCUT2D eigenvalue weighted by Crippen LogP contribution is 2.61. The lowest BCUT2D eigenvalue weighted by molar-refractivity contribution is -0.138. The Hall–Kier alpha value is -1.31. The molecule has 2 heteroatoms. The molecule has 0 unspecified atom stereocenters. The van der Waals surface area contributed by atoms with Crippen LogP contribution in [0.3, 0.4) is 0 Å². The Morgan fingerprint density at radius 1 is 1.13 bits per heavy atom. The van der Waals surface area contributed by atoms with Crippen LogP contribution >= 0.6 is 0 Å². The van der Waals surface area contributed by atoms with Crippen LogP contribution in [0.1, 0.15) is 24.3 Å². The summed E-state index contributed by atoms with van der Waals surface area (Å²) in [6, 6.07) is 10.5. The van der Waals surface area contributed by atoms with Crippen molar-refractivity contribution in [1.29, 1.82) is 0 Å². The van der Waals surface area contributed by atoms with Gasteiger partial charge in [0.25, 0.3) is 0 Å². The summed E-state index contributed by atoms with van der Waals surface area (Å²) < 4.78 is 0. The molecule has 0 radical (unpaired) electrons. The van der Waals surface area contributed by atoms with E-state index in [1.54, 1.807) is 0 Å². The molecule has 2 nitrogen and oxygen atoms in total. The van der Waals surface area contributed by atoms with Gasteiger partial charge in [-0.3, -0.25) is 4.79 Å². The Morgan fingerprint density at radius 3 is 2.47 bits per heavy atom. The second-order valence-electron chi connectivity index (χ2n) is 4.76. The number of hydrogen-bond acceptors (Lipinski definition) is 1. The van der Waals surface area contributed by atoms with Gasteiger partial charge in [0.15, 0.2) is 0 Å². The van der Waals surface area contributed by atoms with Gasteiger partial charge >= 0.3 is 5.97 Å². The predicted octanol–water partition coefficient (Wildman–Crippen LogP) is 2.51. The third kappa shape index (κ3) is 1.54. The smallest absolute Gasteiger partial charge is 0.306 e. The molecule has 0 aliphatic heterocycles. The number of rotatable bonds is 3. The lowest BCUT2D eigenvalue weighted by Gasteiger charge is -1.98. The molecule has 0 aromatic heterocycles. The normalized spacial score (nSPS) is 37.3. The first-order chi connectivity index (χ1) is 7.27. The molecule has 0 amide bonds. The molecule has 1 aromatic carbocycles. The summed E-state index contributed by atoms with van der Waals surface area (Å²) in [6.45, 7) is 0. The highest BCUT2D eigenvalue weighted by molar-refractivity contribution is 5.73. The maximum atomic E-state index is 10.7. The van der Waals surface area contributed by atoms with Gasteiger partial charge in [-0.2, -0.15) is 0 Å².